The molecular formula is C17H15N5O. The zero-order valence-electron chi connectivity index (χ0n) is 12.4. The zero-order valence-corrected chi connectivity index (χ0v) is 12.4. The van der Waals surface area contributed by atoms with Gasteiger partial charge in [0, 0.05) is 25.1 Å². The van der Waals surface area contributed by atoms with Crippen LogP contribution in [0, 0.1) is 12.0 Å². The van der Waals surface area contributed by atoms with Gasteiger partial charge in [0.15, 0.2) is 5.52 Å². The van der Waals surface area contributed by atoms with Crippen molar-refractivity contribution in [2.45, 2.75) is 12.8 Å². The molecule has 0 fully saturated rings. The van der Waals surface area contributed by atoms with Gasteiger partial charge >= 0.3 is 0 Å². The summed E-state index contributed by atoms with van der Waals surface area (Å²) in [5.74, 6) is 3.37. The molecule has 0 aliphatic heterocycles. The van der Waals surface area contributed by atoms with E-state index in [1.165, 1.54) is 4.68 Å². The Bertz CT molecular complexity index is 938. The fourth-order valence-electron chi connectivity index (χ4n) is 2.24. The molecule has 114 valence electrons. The molecule has 3 N–H and O–H groups in total. The third kappa shape index (κ3) is 3.14. The van der Waals surface area contributed by atoms with E-state index >= 15 is 0 Å². The summed E-state index contributed by atoms with van der Waals surface area (Å²) in [6.45, 7) is 0. The van der Waals surface area contributed by atoms with E-state index < -0.39 is 0 Å². The van der Waals surface area contributed by atoms with Crippen LogP contribution in [0.4, 0.5) is 5.69 Å². The van der Waals surface area contributed by atoms with Crippen LogP contribution in [0.3, 0.4) is 0 Å². The second-order valence-electron chi connectivity index (χ2n) is 4.84. The van der Waals surface area contributed by atoms with Crippen LogP contribution in [-0.2, 0) is 6.42 Å². The summed E-state index contributed by atoms with van der Waals surface area (Å²) in [4.78, 5) is 21.4. The molecule has 0 unspecified atom stereocenters. The first-order valence-electron chi connectivity index (χ1n) is 7.17. The summed E-state index contributed by atoms with van der Waals surface area (Å²) in [5.41, 5.74) is 9.72. The fourth-order valence-corrected chi connectivity index (χ4v) is 2.24. The van der Waals surface area contributed by atoms with Gasteiger partial charge in [0.25, 0.3) is 5.56 Å². The molecule has 0 amide bonds. The maximum Gasteiger partial charge on any atom is 0.298 e. The van der Waals surface area contributed by atoms with E-state index in [4.69, 9.17) is 5.73 Å². The number of fused-ring (bicyclic) bond motifs is 1. The number of nitrogens with zero attached hydrogens (tertiary/aromatic N) is 3. The number of anilines is 1. The van der Waals surface area contributed by atoms with Gasteiger partial charge in [-0.25, -0.2) is 14.6 Å². The fraction of sp³-hybridized carbons (Fsp3) is 0.118. The van der Waals surface area contributed by atoms with E-state index in [1.54, 1.807) is 18.3 Å². The summed E-state index contributed by atoms with van der Waals surface area (Å²) in [6, 6.07) is 15.3. The van der Waals surface area contributed by atoms with Gasteiger partial charge < -0.3 is 5.73 Å². The lowest BCUT2D eigenvalue weighted by Crippen LogP contribution is -2.31. The normalized spacial score (nSPS) is 10.1. The standard InChI is InChI=1S/C17H15N5O/c18-11-5-4-10-15-20-14-9-6-12-19-16(14)17(23)22(15)21-13-7-2-1-3-8-13/h1-3,6-9,12,21H,4,10,18H2. The second-order valence-corrected chi connectivity index (χ2v) is 4.84. The quantitative estimate of drug-likeness (QED) is 0.564. The molecule has 23 heavy (non-hydrogen) atoms. The molecule has 0 radical (unpaired) electrons. The Balaban J connectivity index is 2.11. The Morgan fingerprint density at radius 1 is 1.17 bits per heavy atom. The van der Waals surface area contributed by atoms with E-state index in [1.807, 2.05) is 30.3 Å². The minimum atomic E-state index is -0.241. The van der Waals surface area contributed by atoms with Gasteiger partial charge in [-0.2, -0.15) is 0 Å². The summed E-state index contributed by atoms with van der Waals surface area (Å²) < 4.78 is 1.42. The number of aromatic nitrogens is 3. The highest BCUT2D eigenvalue weighted by Gasteiger charge is 2.11. The van der Waals surface area contributed by atoms with Crippen LogP contribution in [-0.4, -0.2) is 14.6 Å². The second kappa shape index (κ2) is 6.62. The number of para-hydroxylation sites is 1. The highest BCUT2D eigenvalue weighted by molar-refractivity contribution is 5.72. The first-order chi connectivity index (χ1) is 11.3. The molecule has 3 aromatic rings. The van der Waals surface area contributed by atoms with Crippen LogP contribution in [0.2, 0.25) is 0 Å². The highest BCUT2D eigenvalue weighted by atomic mass is 16.1. The van der Waals surface area contributed by atoms with Crippen molar-refractivity contribution in [3.05, 3.63) is 64.8 Å². The molecule has 0 aliphatic rings. The number of pyridine rings is 1. The topological polar surface area (TPSA) is 85.8 Å². The lowest BCUT2D eigenvalue weighted by Gasteiger charge is -2.14. The molecule has 1 aromatic carbocycles. The molecule has 0 aliphatic carbocycles. The first kappa shape index (κ1) is 14.6. The number of hydrogen-bond donors (Lipinski definition) is 2. The average Bonchev–Trinajstić information content (AvgIpc) is 2.59. The molecule has 0 saturated heterocycles. The minimum absolute atomic E-state index is 0.241. The summed E-state index contributed by atoms with van der Waals surface area (Å²) in [5, 5.41) is 0. The summed E-state index contributed by atoms with van der Waals surface area (Å²) in [6.07, 6.45) is 2.60. The van der Waals surface area contributed by atoms with Crippen molar-refractivity contribution in [3.8, 4) is 12.0 Å². The molecule has 0 saturated carbocycles. The Labute approximate surface area is 133 Å². The van der Waals surface area contributed by atoms with Crippen LogP contribution >= 0.6 is 0 Å². The van der Waals surface area contributed by atoms with Crippen molar-refractivity contribution in [1.82, 2.24) is 14.6 Å². The molecule has 3 rings (SSSR count). The average molecular weight is 305 g/mol. The summed E-state index contributed by atoms with van der Waals surface area (Å²) >= 11 is 0. The Hall–Kier alpha value is -3.33. The molecule has 2 heterocycles. The third-order valence-corrected chi connectivity index (χ3v) is 3.29. The van der Waals surface area contributed by atoms with Gasteiger partial charge in [0.1, 0.15) is 5.82 Å². The molecule has 0 spiro atoms. The molecule has 0 bridgehead atoms. The number of hydrogen-bond acceptors (Lipinski definition) is 5. The zero-order chi connectivity index (χ0) is 16.1. The number of nitrogens with one attached hydrogen (secondary N) is 1. The maximum absolute atomic E-state index is 12.7. The number of rotatable bonds is 4. The molecule has 2 aromatic heterocycles. The van der Waals surface area contributed by atoms with Crippen molar-refractivity contribution in [3.63, 3.8) is 0 Å². The van der Waals surface area contributed by atoms with Crippen LogP contribution in [0.25, 0.3) is 11.0 Å². The van der Waals surface area contributed by atoms with Gasteiger partial charge in [-0.15, -0.1) is 0 Å². The lowest BCUT2D eigenvalue weighted by atomic mass is 10.3. The van der Waals surface area contributed by atoms with Gasteiger partial charge in [0.05, 0.1) is 11.2 Å². The van der Waals surface area contributed by atoms with Crippen molar-refractivity contribution < 1.29 is 0 Å². The van der Waals surface area contributed by atoms with Crippen LogP contribution in [0.5, 0.6) is 0 Å². The maximum atomic E-state index is 12.7. The van der Waals surface area contributed by atoms with Crippen LogP contribution in [0.15, 0.2) is 53.5 Å². The smallest absolute Gasteiger partial charge is 0.298 e. The van der Waals surface area contributed by atoms with E-state index in [2.05, 4.69) is 27.4 Å². The largest absolute Gasteiger partial charge is 0.359 e. The first-order valence-corrected chi connectivity index (χ1v) is 7.17. The van der Waals surface area contributed by atoms with Crippen LogP contribution < -0.4 is 16.7 Å². The minimum Gasteiger partial charge on any atom is -0.359 e. The lowest BCUT2D eigenvalue weighted by molar-refractivity contribution is 0.759. The monoisotopic (exact) mass is 305 g/mol. The van der Waals surface area contributed by atoms with Crippen molar-refractivity contribution in [2.75, 3.05) is 5.43 Å². The Morgan fingerprint density at radius 2 is 2.00 bits per heavy atom. The van der Waals surface area contributed by atoms with Gasteiger partial charge in [0.2, 0.25) is 0 Å². The van der Waals surface area contributed by atoms with E-state index in [9.17, 15) is 4.79 Å². The number of benzene rings is 1. The molecule has 6 nitrogen and oxygen atoms in total. The molecule has 6 heteroatoms. The molecular weight excluding hydrogens is 290 g/mol. The Kier molecular flexibility index (Phi) is 4.20. The van der Waals surface area contributed by atoms with Crippen LogP contribution in [0.1, 0.15) is 12.2 Å². The number of nitrogens with two attached hydrogens (primary N) is 1. The van der Waals surface area contributed by atoms with E-state index in [0.717, 1.165) is 5.69 Å². The predicted molar refractivity (Wildman–Crippen MR) is 89.5 cm³/mol. The van der Waals surface area contributed by atoms with Gasteiger partial charge in [-0.1, -0.05) is 24.1 Å². The van der Waals surface area contributed by atoms with E-state index in [0.29, 0.717) is 29.7 Å². The number of aryl methyl sites for hydroxylation is 1. The van der Waals surface area contributed by atoms with Gasteiger partial charge in [-0.3, -0.25) is 10.2 Å². The summed E-state index contributed by atoms with van der Waals surface area (Å²) in [7, 11) is 0. The SMILES string of the molecule is NC#CCCc1nc2cccnc2c(=O)n1Nc1ccccc1. The van der Waals surface area contributed by atoms with E-state index in [-0.39, 0.29) is 5.56 Å². The van der Waals surface area contributed by atoms with Gasteiger partial charge in [-0.05, 0) is 24.3 Å². The third-order valence-electron chi connectivity index (χ3n) is 3.29. The highest BCUT2D eigenvalue weighted by Crippen LogP contribution is 2.10. The molecule has 0 atom stereocenters. The van der Waals surface area contributed by atoms with Crippen molar-refractivity contribution in [1.29, 1.82) is 0 Å². The predicted octanol–water partition coefficient (Wildman–Crippen LogP) is 1.52. The van der Waals surface area contributed by atoms with Crippen molar-refractivity contribution in [2.24, 2.45) is 5.73 Å². The Morgan fingerprint density at radius 3 is 2.78 bits per heavy atom. The van der Waals surface area contributed by atoms with Crippen molar-refractivity contribution >= 4 is 16.7 Å².